The molecule has 0 bridgehead atoms. The van der Waals surface area contributed by atoms with E-state index in [0.717, 1.165) is 22.3 Å². The molecule has 4 rings (SSSR count). The minimum absolute atomic E-state index is 0.0126. The second-order valence-corrected chi connectivity index (χ2v) is 8.48. The number of aliphatic hydroxyl groups excluding tert-OH is 1. The van der Waals surface area contributed by atoms with Crippen molar-refractivity contribution in [2.45, 2.75) is 31.0 Å². The predicted molar refractivity (Wildman–Crippen MR) is 122 cm³/mol. The first-order chi connectivity index (χ1) is 16.5. The number of ether oxygens (including phenoxy) is 2. The third-order valence-corrected chi connectivity index (χ3v) is 6.33. The highest BCUT2D eigenvalue weighted by atomic mass is 16.5. The molecule has 0 aromatic heterocycles. The number of carbonyl (C=O) groups is 3. The summed E-state index contributed by atoms with van der Waals surface area (Å²) in [6.07, 6.45) is -2.35. The van der Waals surface area contributed by atoms with Gasteiger partial charge in [-0.05, 0) is 28.7 Å². The van der Waals surface area contributed by atoms with Crippen LogP contribution in [0.3, 0.4) is 0 Å². The van der Waals surface area contributed by atoms with Crippen molar-refractivity contribution in [1.29, 1.82) is 0 Å². The first kappa shape index (κ1) is 23.7. The van der Waals surface area contributed by atoms with E-state index in [1.54, 1.807) is 0 Å². The maximum absolute atomic E-state index is 12.4. The van der Waals surface area contributed by atoms with Crippen LogP contribution in [0.5, 0.6) is 0 Å². The minimum atomic E-state index is -1.53. The van der Waals surface area contributed by atoms with Crippen LogP contribution in [0, 0.1) is 5.92 Å². The average Bonchev–Trinajstić information content (AvgIpc) is 3.44. The number of aliphatic carboxylic acids is 1. The molecule has 180 valence electrons. The molecule has 1 saturated heterocycles. The van der Waals surface area contributed by atoms with E-state index in [4.69, 9.17) is 14.6 Å². The van der Waals surface area contributed by atoms with Gasteiger partial charge in [0, 0.05) is 38.0 Å². The second kappa shape index (κ2) is 10.7. The molecule has 2 aliphatic rings. The molecule has 1 fully saturated rings. The molecule has 34 heavy (non-hydrogen) atoms. The zero-order valence-electron chi connectivity index (χ0n) is 18.6. The van der Waals surface area contributed by atoms with Gasteiger partial charge >= 0.3 is 12.1 Å². The number of rotatable bonds is 9. The lowest BCUT2D eigenvalue weighted by Gasteiger charge is -2.19. The Bertz CT molecular complexity index is 1010. The van der Waals surface area contributed by atoms with E-state index in [1.807, 2.05) is 24.3 Å². The molecule has 2 amide bonds. The van der Waals surface area contributed by atoms with Crippen LogP contribution in [0.25, 0.3) is 11.1 Å². The predicted octanol–water partition coefficient (Wildman–Crippen LogP) is 1.88. The first-order valence-corrected chi connectivity index (χ1v) is 11.3. The highest BCUT2D eigenvalue weighted by Gasteiger charge is 2.35. The first-order valence-electron chi connectivity index (χ1n) is 11.3. The Labute approximate surface area is 197 Å². The van der Waals surface area contributed by atoms with Gasteiger partial charge in [-0.25, -0.2) is 9.59 Å². The van der Waals surface area contributed by atoms with Crippen molar-refractivity contribution in [3.05, 3.63) is 59.7 Å². The summed E-state index contributed by atoms with van der Waals surface area (Å²) in [5.74, 6) is -2.00. The summed E-state index contributed by atoms with van der Waals surface area (Å²) in [6, 6.07) is 16.2. The van der Waals surface area contributed by atoms with E-state index >= 15 is 0 Å². The van der Waals surface area contributed by atoms with Crippen molar-refractivity contribution in [1.82, 2.24) is 10.6 Å². The van der Waals surface area contributed by atoms with E-state index in [0.29, 0.717) is 13.0 Å². The highest BCUT2D eigenvalue weighted by molar-refractivity contribution is 5.82. The van der Waals surface area contributed by atoms with Crippen LogP contribution < -0.4 is 10.6 Å². The number of carboxylic acid groups (broad SMARTS) is 1. The van der Waals surface area contributed by atoms with Crippen LogP contribution in [-0.2, 0) is 19.1 Å². The number of carboxylic acids is 1. The lowest BCUT2D eigenvalue weighted by Crippen LogP contribution is -2.43. The molecule has 1 heterocycles. The van der Waals surface area contributed by atoms with Crippen LogP contribution in [-0.4, -0.2) is 66.7 Å². The fourth-order valence-corrected chi connectivity index (χ4v) is 4.55. The normalized spacial score (nSPS) is 19.7. The summed E-state index contributed by atoms with van der Waals surface area (Å²) in [5, 5.41) is 23.3. The van der Waals surface area contributed by atoms with Crippen LogP contribution >= 0.6 is 0 Å². The number of aliphatic hydroxyl groups is 1. The van der Waals surface area contributed by atoms with Gasteiger partial charge in [-0.3, -0.25) is 4.79 Å². The zero-order chi connectivity index (χ0) is 24.1. The van der Waals surface area contributed by atoms with Crippen molar-refractivity contribution in [3.8, 4) is 11.1 Å². The molecule has 9 heteroatoms. The summed E-state index contributed by atoms with van der Waals surface area (Å²) >= 11 is 0. The number of hydrogen-bond donors (Lipinski definition) is 4. The van der Waals surface area contributed by atoms with Crippen molar-refractivity contribution < 1.29 is 34.1 Å². The van der Waals surface area contributed by atoms with Gasteiger partial charge in [0.25, 0.3) is 0 Å². The lowest BCUT2D eigenvalue weighted by atomic mass is 9.98. The molecule has 2 unspecified atom stereocenters. The highest BCUT2D eigenvalue weighted by Crippen LogP contribution is 2.44. The second-order valence-electron chi connectivity index (χ2n) is 8.48. The van der Waals surface area contributed by atoms with Gasteiger partial charge < -0.3 is 30.3 Å². The van der Waals surface area contributed by atoms with Gasteiger partial charge in [0.1, 0.15) is 12.7 Å². The molecular formula is C25H28N2O7. The fraction of sp³-hybridized carbons (Fsp3) is 0.400. The monoisotopic (exact) mass is 468 g/mol. The number of carbonyl (C=O) groups excluding carboxylic acids is 2. The Balaban J connectivity index is 1.26. The molecule has 9 nitrogen and oxygen atoms in total. The minimum Gasteiger partial charge on any atom is -0.479 e. The van der Waals surface area contributed by atoms with Gasteiger partial charge in [0.05, 0.1) is 0 Å². The molecular weight excluding hydrogens is 440 g/mol. The molecule has 0 spiro atoms. The zero-order valence-corrected chi connectivity index (χ0v) is 18.6. The number of benzene rings is 2. The Hall–Kier alpha value is -3.43. The maximum atomic E-state index is 12.4. The van der Waals surface area contributed by atoms with Crippen LogP contribution in [0.4, 0.5) is 4.79 Å². The van der Waals surface area contributed by atoms with Gasteiger partial charge in [0.15, 0.2) is 6.10 Å². The molecule has 0 radical (unpaired) electrons. The van der Waals surface area contributed by atoms with E-state index in [9.17, 15) is 19.5 Å². The Morgan fingerprint density at radius 3 is 2.32 bits per heavy atom. The summed E-state index contributed by atoms with van der Waals surface area (Å²) < 4.78 is 11.0. The molecule has 2 aromatic rings. The smallest absolute Gasteiger partial charge is 0.407 e. The lowest BCUT2D eigenvalue weighted by molar-refractivity contribution is -0.147. The van der Waals surface area contributed by atoms with E-state index in [-0.39, 0.29) is 38.0 Å². The quantitative estimate of drug-likeness (QED) is 0.441. The fourth-order valence-electron chi connectivity index (χ4n) is 4.55. The van der Waals surface area contributed by atoms with Crippen LogP contribution in [0.15, 0.2) is 48.5 Å². The molecule has 3 atom stereocenters. The van der Waals surface area contributed by atoms with E-state index in [1.165, 1.54) is 0 Å². The van der Waals surface area contributed by atoms with Crippen molar-refractivity contribution >= 4 is 18.0 Å². The molecule has 4 N–H and O–H groups in total. The molecule has 1 aliphatic heterocycles. The summed E-state index contributed by atoms with van der Waals surface area (Å²) in [6.45, 7) is 0.814. The third-order valence-electron chi connectivity index (χ3n) is 6.33. The van der Waals surface area contributed by atoms with Crippen molar-refractivity contribution in [2.75, 3.05) is 26.3 Å². The Kier molecular flexibility index (Phi) is 7.44. The number of alkyl carbamates (subject to hydrolysis) is 1. The summed E-state index contributed by atoms with van der Waals surface area (Å²) in [4.78, 5) is 35.4. The maximum Gasteiger partial charge on any atom is 0.407 e. The van der Waals surface area contributed by atoms with Crippen LogP contribution in [0.2, 0.25) is 0 Å². The number of fused-ring (bicyclic) bond motifs is 3. The Morgan fingerprint density at radius 1 is 1.03 bits per heavy atom. The number of nitrogens with one attached hydrogen (secondary N) is 2. The van der Waals surface area contributed by atoms with Crippen molar-refractivity contribution in [3.63, 3.8) is 0 Å². The largest absolute Gasteiger partial charge is 0.479 e. The Morgan fingerprint density at radius 2 is 1.68 bits per heavy atom. The number of amides is 2. The third kappa shape index (κ3) is 5.21. The standard InChI is InChI=1S/C25H28N2O7/c28-21(24(30)31)9-11-26-23(29)22-15(10-12-33-22)13-27-25(32)34-14-20-18-7-3-1-5-16(18)17-6-2-4-8-19(17)20/h1-8,15,20-22,28H,9-14H2,(H,26,29)(H,27,32)(H,30,31)/t15?,21-,22?/m0/s1. The molecule has 2 aromatic carbocycles. The van der Waals surface area contributed by atoms with Gasteiger partial charge in [-0.15, -0.1) is 0 Å². The average molecular weight is 469 g/mol. The molecule has 1 aliphatic carbocycles. The SMILES string of the molecule is O=C(NCC1CCOC1C(=O)NCC[C@H](O)C(=O)O)OCC1c2ccccc2-c2ccccc21. The summed E-state index contributed by atoms with van der Waals surface area (Å²) in [5.41, 5.74) is 4.57. The summed E-state index contributed by atoms with van der Waals surface area (Å²) in [7, 11) is 0. The van der Waals surface area contributed by atoms with E-state index in [2.05, 4.69) is 34.9 Å². The molecule has 0 saturated carbocycles. The topological polar surface area (TPSA) is 134 Å². The van der Waals surface area contributed by atoms with Gasteiger partial charge in [-0.2, -0.15) is 0 Å². The van der Waals surface area contributed by atoms with Gasteiger partial charge in [0.2, 0.25) is 5.91 Å². The van der Waals surface area contributed by atoms with E-state index < -0.39 is 30.2 Å². The van der Waals surface area contributed by atoms with Crippen molar-refractivity contribution in [2.24, 2.45) is 5.92 Å². The van der Waals surface area contributed by atoms with Gasteiger partial charge in [-0.1, -0.05) is 48.5 Å². The van der Waals surface area contributed by atoms with Crippen LogP contribution in [0.1, 0.15) is 29.9 Å². The number of hydrogen-bond acceptors (Lipinski definition) is 6.